The molecule has 21 N–H and O–H groups in total. The lowest BCUT2D eigenvalue weighted by molar-refractivity contribution is -0.143. The van der Waals surface area contributed by atoms with Gasteiger partial charge in [-0.15, -0.1) is 0 Å². The lowest BCUT2D eigenvalue weighted by Gasteiger charge is -2.32. The van der Waals surface area contributed by atoms with Crippen molar-refractivity contribution in [1.29, 1.82) is 0 Å². The highest BCUT2D eigenvalue weighted by Crippen LogP contribution is 2.24. The second-order valence-corrected chi connectivity index (χ2v) is 25.4. The van der Waals surface area contributed by atoms with E-state index in [2.05, 4.69) is 47.2 Å². The number of likely N-dealkylation sites (tertiary alicyclic amines) is 2. The number of benzene rings is 5. The predicted octanol–water partition coefficient (Wildman–Crippen LogP) is -0.376. The molecule has 2 heterocycles. The maximum atomic E-state index is 15.3. The number of hydrogen-bond donors (Lipinski definition) is 14. The molecule has 10 amide bonds. The zero-order valence-corrected chi connectivity index (χ0v) is 57.0. The molecule has 2 aliphatic heterocycles. The molecule has 540 valence electrons. The van der Waals surface area contributed by atoms with Crippen LogP contribution in [0.2, 0.25) is 0 Å². The van der Waals surface area contributed by atoms with Crippen LogP contribution in [0.25, 0.3) is 0 Å². The third-order valence-electron chi connectivity index (χ3n) is 17.7. The van der Waals surface area contributed by atoms with Gasteiger partial charge in [0.25, 0.3) is 0 Å². The average Bonchev–Trinajstić information content (AvgIpc) is 1.75. The van der Waals surface area contributed by atoms with Gasteiger partial charge in [-0.3, -0.25) is 57.9 Å². The smallest absolute Gasteiger partial charge is 0.246 e. The Hall–Kier alpha value is -10.7. The first kappa shape index (κ1) is 77.6. The Kier molecular flexibility index (Phi) is 31.0. The molecular formula is C73H98N18O10. The summed E-state index contributed by atoms with van der Waals surface area (Å²) >= 11 is 0. The first-order valence-electron chi connectivity index (χ1n) is 34.5. The lowest BCUT2D eigenvalue weighted by Crippen LogP contribution is -2.61. The van der Waals surface area contributed by atoms with Crippen LogP contribution in [-0.4, -0.2) is 174 Å². The van der Waals surface area contributed by atoms with Gasteiger partial charge in [0, 0.05) is 51.9 Å². The number of primary amides is 1. The van der Waals surface area contributed by atoms with Crippen molar-refractivity contribution < 1.29 is 47.9 Å². The first-order chi connectivity index (χ1) is 48.7. The fraction of sp³-hybridized carbons (Fsp3) is 0.425. The van der Waals surface area contributed by atoms with Crippen LogP contribution in [0.4, 0.5) is 0 Å². The van der Waals surface area contributed by atoms with Crippen molar-refractivity contribution in [3.8, 4) is 0 Å². The summed E-state index contributed by atoms with van der Waals surface area (Å²) in [5.74, 6) is -7.16. The van der Waals surface area contributed by atoms with E-state index in [9.17, 15) is 33.6 Å². The summed E-state index contributed by atoms with van der Waals surface area (Å²) in [7, 11) is 0. The molecule has 0 saturated carbocycles. The predicted molar refractivity (Wildman–Crippen MR) is 384 cm³/mol. The van der Waals surface area contributed by atoms with E-state index in [1.807, 2.05) is 48.5 Å². The highest BCUT2D eigenvalue weighted by Gasteiger charge is 2.43. The van der Waals surface area contributed by atoms with Crippen LogP contribution < -0.4 is 77.4 Å². The lowest BCUT2D eigenvalue weighted by atomic mass is 10.0. The fourth-order valence-corrected chi connectivity index (χ4v) is 12.4. The van der Waals surface area contributed by atoms with Crippen molar-refractivity contribution in [3.05, 3.63) is 179 Å². The van der Waals surface area contributed by atoms with Crippen molar-refractivity contribution in [2.45, 2.75) is 163 Å². The molecule has 2 fully saturated rings. The molecule has 2 aliphatic rings. The average molecular weight is 1390 g/mol. The van der Waals surface area contributed by atoms with Crippen molar-refractivity contribution >= 4 is 71.0 Å². The van der Waals surface area contributed by atoms with Crippen LogP contribution in [0.3, 0.4) is 0 Å². The Labute approximate surface area is 588 Å². The maximum absolute atomic E-state index is 15.3. The quantitative estimate of drug-likeness (QED) is 0.0136. The summed E-state index contributed by atoms with van der Waals surface area (Å²) in [5.41, 5.74) is 43.5. The molecule has 5 aromatic carbocycles. The number of nitrogens with one attached hydrogen (secondary N) is 7. The molecule has 101 heavy (non-hydrogen) atoms. The summed E-state index contributed by atoms with van der Waals surface area (Å²) < 4.78 is 0. The van der Waals surface area contributed by atoms with Crippen LogP contribution in [0.1, 0.15) is 98.4 Å². The second kappa shape index (κ2) is 40.4. The minimum Gasteiger partial charge on any atom is -0.370 e. The highest BCUT2D eigenvalue weighted by molar-refractivity contribution is 5.99. The monoisotopic (exact) mass is 1390 g/mol. The Bertz CT molecular complexity index is 3590. The highest BCUT2D eigenvalue weighted by atomic mass is 16.2. The number of unbranched alkanes of at least 4 members (excludes halogenated alkanes) is 1. The standard InChI is InChI=1S/C73H98N18O10/c74-37-17-16-32-54(84-63(93)52(75)42-47-22-6-1-7-23-47)65(95)88-58(45-50-28-12-4-13-29-50)70(100)90-40-20-36-61(90)69(99)87-57(44-49-26-10-3-11-27-49)67(97)89-59(46-51-30-14-5-15-31-51)71(101)91-41-21-35-60(91)68(98)86-56(43-48-24-8-2-9-25-48)66(96)85-55(34-19-39-82-73(79)80)64(94)83-53(62(76)92)33-18-38-81-72(77)78/h1-15,22-31,52-61H,16-21,32-46,74-75H2,(H2,76,92)(H,83,94)(H,84,93)(H,85,96)(H,86,98)(H,87,99)(H,88,95)(H,89,97)(H4,77,78,81)(H4,79,80,82)/t52-,53-,54-,55-,56-,57-,58-,59-,60-,61-/m0/s1. The molecule has 0 aliphatic carbocycles. The molecule has 0 radical (unpaired) electrons. The molecular weight excluding hydrogens is 1290 g/mol. The third kappa shape index (κ3) is 25.2. The molecule has 2 saturated heterocycles. The molecule has 0 bridgehead atoms. The van der Waals surface area contributed by atoms with Gasteiger partial charge in [0.1, 0.15) is 54.4 Å². The SMILES string of the molecule is NCCCC[C@H](NC(=O)[C@@H](N)Cc1ccccc1)C(=O)N[C@@H](Cc1ccccc1)C(=O)N1CCC[C@H]1C(=O)N[C@@H](Cc1ccccc1)C(=O)N[C@@H](Cc1ccccc1)C(=O)N1CCC[C@H]1C(=O)N[C@@H](Cc1ccccc1)C(=O)N[C@@H](CCCN=C(N)N)C(=O)N[C@@H](CCCN=C(N)N)C(N)=O. The van der Waals surface area contributed by atoms with Gasteiger partial charge in [-0.1, -0.05) is 152 Å². The number of carbonyl (C=O) groups excluding carboxylic acids is 10. The van der Waals surface area contributed by atoms with E-state index in [0.717, 1.165) is 5.56 Å². The largest absolute Gasteiger partial charge is 0.370 e. The van der Waals surface area contributed by atoms with Crippen molar-refractivity contribution in [3.63, 3.8) is 0 Å². The van der Waals surface area contributed by atoms with E-state index in [1.54, 1.807) is 103 Å². The first-order valence-corrected chi connectivity index (χ1v) is 34.5. The van der Waals surface area contributed by atoms with Crippen molar-refractivity contribution in [2.24, 2.45) is 50.1 Å². The topological polar surface area (TPSA) is 468 Å². The molecule has 28 nitrogen and oxygen atoms in total. The van der Waals surface area contributed by atoms with Gasteiger partial charge in [-0.2, -0.15) is 0 Å². The molecule has 0 unspecified atom stereocenters. The number of nitrogens with zero attached hydrogens (tertiary/aromatic N) is 4. The third-order valence-corrected chi connectivity index (χ3v) is 17.7. The van der Waals surface area contributed by atoms with Gasteiger partial charge in [-0.25, -0.2) is 0 Å². The van der Waals surface area contributed by atoms with Gasteiger partial charge >= 0.3 is 0 Å². The van der Waals surface area contributed by atoms with Crippen molar-refractivity contribution in [1.82, 2.24) is 47.0 Å². The summed E-state index contributed by atoms with van der Waals surface area (Å²) in [6.07, 6.45) is 3.02. The number of guanidine groups is 2. The van der Waals surface area contributed by atoms with E-state index in [4.69, 9.17) is 40.1 Å². The minimum absolute atomic E-state index is 0.0149. The number of rotatable bonds is 39. The maximum Gasteiger partial charge on any atom is 0.246 e. The Morgan fingerprint density at radius 2 is 0.683 bits per heavy atom. The zero-order valence-electron chi connectivity index (χ0n) is 57.0. The van der Waals surface area contributed by atoms with Crippen LogP contribution in [0.15, 0.2) is 162 Å². The van der Waals surface area contributed by atoms with Crippen LogP contribution in [0.5, 0.6) is 0 Å². The van der Waals surface area contributed by atoms with E-state index in [-0.39, 0.29) is 115 Å². The number of carbonyl (C=O) groups is 10. The Morgan fingerprint density at radius 3 is 1.04 bits per heavy atom. The molecule has 5 aromatic rings. The molecule has 10 atom stereocenters. The molecule has 28 heteroatoms. The normalized spacial score (nSPS) is 16.4. The summed E-state index contributed by atoms with van der Waals surface area (Å²) in [5, 5.41) is 19.9. The van der Waals surface area contributed by atoms with Gasteiger partial charge in [-0.05, 0) is 111 Å². The number of aliphatic imine (C=N–C) groups is 2. The zero-order chi connectivity index (χ0) is 72.6. The molecule has 0 spiro atoms. The minimum atomic E-state index is -1.33. The van der Waals surface area contributed by atoms with E-state index >= 15 is 14.4 Å². The van der Waals surface area contributed by atoms with Crippen LogP contribution in [0, 0.1) is 0 Å². The van der Waals surface area contributed by atoms with Gasteiger partial charge in [0.05, 0.1) is 6.04 Å². The number of amides is 10. The Balaban J connectivity index is 1.11. The van der Waals surface area contributed by atoms with Crippen molar-refractivity contribution in [2.75, 3.05) is 32.7 Å². The van der Waals surface area contributed by atoms with Gasteiger partial charge in [0.2, 0.25) is 59.1 Å². The summed E-state index contributed by atoms with van der Waals surface area (Å²) in [6, 6.07) is 33.0. The number of hydrogen-bond acceptors (Lipinski definition) is 14. The molecule has 7 rings (SSSR count). The van der Waals surface area contributed by atoms with Crippen LogP contribution >= 0.6 is 0 Å². The van der Waals surface area contributed by atoms with E-state index in [0.29, 0.717) is 54.5 Å². The van der Waals surface area contributed by atoms with Gasteiger partial charge < -0.3 is 87.2 Å². The van der Waals surface area contributed by atoms with E-state index in [1.165, 1.54) is 9.80 Å². The Morgan fingerprint density at radius 1 is 0.376 bits per heavy atom. The van der Waals surface area contributed by atoms with Gasteiger partial charge in [0.15, 0.2) is 11.9 Å². The summed E-state index contributed by atoms with van der Waals surface area (Å²) in [4.78, 5) is 156. The van der Waals surface area contributed by atoms with Crippen LogP contribution in [-0.2, 0) is 80.0 Å². The summed E-state index contributed by atoms with van der Waals surface area (Å²) in [6.45, 7) is 0.807. The van der Waals surface area contributed by atoms with E-state index < -0.39 is 119 Å². The number of nitrogens with two attached hydrogens (primary N) is 7. The fourth-order valence-electron chi connectivity index (χ4n) is 12.4. The molecule has 0 aromatic heterocycles. The second-order valence-electron chi connectivity index (χ2n) is 25.4.